The van der Waals surface area contributed by atoms with Crippen molar-refractivity contribution in [2.75, 3.05) is 33.0 Å². The van der Waals surface area contributed by atoms with Crippen molar-refractivity contribution in [2.24, 2.45) is 22.9 Å². The zero-order chi connectivity index (χ0) is 39.4. The second-order valence-electron chi connectivity index (χ2n) is 15.8. The van der Waals surface area contributed by atoms with E-state index in [1.165, 1.54) is 0 Å². The van der Waals surface area contributed by atoms with E-state index in [0.717, 1.165) is 48.1 Å². The van der Waals surface area contributed by atoms with Gasteiger partial charge in [0.1, 0.15) is 36.4 Å². The molecule has 2 aromatic rings. The van der Waals surface area contributed by atoms with Crippen LogP contribution in [0.4, 0.5) is 4.79 Å². The van der Waals surface area contributed by atoms with Crippen LogP contribution in [0.3, 0.4) is 0 Å². The summed E-state index contributed by atoms with van der Waals surface area (Å²) in [6, 6.07) is 14.9. The van der Waals surface area contributed by atoms with Crippen molar-refractivity contribution in [1.82, 2.24) is 4.90 Å². The zero-order valence-electron chi connectivity index (χ0n) is 33.3. The molecule has 1 amide bonds. The van der Waals surface area contributed by atoms with E-state index in [-0.39, 0.29) is 44.2 Å². The zero-order valence-corrected chi connectivity index (χ0v) is 33.3. The summed E-state index contributed by atoms with van der Waals surface area (Å²) in [6.07, 6.45) is 11.1. The van der Waals surface area contributed by atoms with Crippen molar-refractivity contribution in [3.63, 3.8) is 0 Å². The summed E-state index contributed by atoms with van der Waals surface area (Å²) in [5, 5.41) is 24.6. The molecule has 10 heteroatoms. The van der Waals surface area contributed by atoms with Gasteiger partial charge in [0.25, 0.3) is 0 Å². The van der Waals surface area contributed by atoms with Crippen LogP contribution in [0.5, 0.6) is 11.5 Å². The Hall–Kier alpha value is -4.12. The van der Waals surface area contributed by atoms with Gasteiger partial charge in [-0.1, -0.05) is 80.1 Å². The molecule has 1 aliphatic heterocycles. The molecule has 0 radical (unpaired) electrons. The first-order valence-corrected chi connectivity index (χ1v) is 20.1. The largest absolute Gasteiger partial charge is 0.490 e. The average molecular weight is 759 g/mol. The van der Waals surface area contributed by atoms with Crippen molar-refractivity contribution in [3.8, 4) is 11.5 Å². The fourth-order valence-electron chi connectivity index (χ4n) is 8.50. The fourth-order valence-corrected chi connectivity index (χ4v) is 8.50. The van der Waals surface area contributed by atoms with E-state index in [1.807, 2.05) is 70.2 Å². The molecule has 300 valence electrons. The number of carbonyl (C=O) groups excluding carboxylic acids is 1. The highest BCUT2D eigenvalue weighted by Crippen LogP contribution is 2.62. The van der Waals surface area contributed by atoms with Gasteiger partial charge < -0.3 is 34.0 Å². The molecule has 5 rings (SSSR count). The number of ether oxygens (including phenoxy) is 4. The highest BCUT2D eigenvalue weighted by atomic mass is 16.7. The number of unbranched alkanes of at least 4 members (excludes halogenated alkanes) is 2. The minimum Gasteiger partial charge on any atom is -0.490 e. The second kappa shape index (κ2) is 19.6. The SMILES string of the molecule is C=CCOc1ccc2c(c1)C1C(CCCCO)C(CCCCO)C=C3C(=NOC(C)(C)C)CC(N(CCC)C(=O)OCc4ccccc4)C(OCC=C)(O2)C31. The lowest BCUT2D eigenvalue weighted by molar-refractivity contribution is -0.255. The predicted molar refractivity (Wildman–Crippen MR) is 215 cm³/mol. The molecule has 1 heterocycles. The predicted octanol–water partition coefficient (Wildman–Crippen LogP) is 8.73. The Labute approximate surface area is 327 Å². The Morgan fingerprint density at radius 2 is 1.75 bits per heavy atom. The van der Waals surface area contributed by atoms with Gasteiger partial charge in [-0.3, -0.25) is 4.90 Å². The van der Waals surface area contributed by atoms with Gasteiger partial charge in [-0.05, 0) is 94.0 Å². The lowest BCUT2D eigenvalue weighted by atomic mass is 9.55. The Bertz CT molecular complexity index is 1630. The van der Waals surface area contributed by atoms with Crippen LogP contribution in [0.25, 0.3) is 0 Å². The van der Waals surface area contributed by atoms with Crippen LogP contribution in [0.15, 0.2) is 90.6 Å². The van der Waals surface area contributed by atoms with Crippen LogP contribution < -0.4 is 9.47 Å². The number of aliphatic hydroxyl groups excluding tert-OH is 2. The smallest absolute Gasteiger partial charge is 0.410 e. The Morgan fingerprint density at radius 1 is 1.02 bits per heavy atom. The van der Waals surface area contributed by atoms with Crippen LogP contribution in [0.1, 0.15) is 96.1 Å². The molecule has 0 spiro atoms. The third-order valence-electron chi connectivity index (χ3n) is 10.7. The first kappa shape index (κ1) is 42.0. The summed E-state index contributed by atoms with van der Waals surface area (Å²) < 4.78 is 26.4. The minimum absolute atomic E-state index is 0.108. The number of fused-ring (bicyclic) bond motifs is 2. The number of nitrogens with zero attached hydrogens (tertiary/aromatic N) is 2. The fraction of sp³-hybridized carbons (Fsp3) is 0.556. The van der Waals surface area contributed by atoms with Gasteiger partial charge in [0.2, 0.25) is 5.79 Å². The van der Waals surface area contributed by atoms with Crippen molar-refractivity contribution >= 4 is 11.8 Å². The summed E-state index contributed by atoms with van der Waals surface area (Å²) in [6.45, 7) is 17.1. The van der Waals surface area contributed by atoms with Crippen molar-refractivity contribution < 1.29 is 38.8 Å². The van der Waals surface area contributed by atoms with Crippen LogP contribution in [0.2, 0.25) is 0 Å². The van der Waals surface area contributed by atoms with E-state index >= 15 is 0 Å². The normalized spacial score (nSPS) is 24.8. The summed E-state index contributed by atoms with van der Waals surface area (Å²) in [7, 11) is 0. The first-order valence-electron chi connectivity index (χ1n) is 20.1. The number of rotatable bonds is 20. The molecule has 6 atom stereocenters. The molecule has 1 fully saturated rings. The van der Waals surface area contributed by atoms with E-state index < -0.39 is 29.4 Å². The lowest BCUT2D eigenvalue weighted by Crippen LogP contribution is -2.70. The number of amides is 1. The number of oxime groups is 1. The average Bonchev–Trinajstić information content (AvgIpc) is 3.18. The third kappa shape index (κ3) is 10.0. The molecule has 55 heavy (non-hydrogen) atoms. The topological polar surface area (TPSA) is 119 Å². The van der Waals surface area contributed by atoms with Gasteiger partial charge in [0.05, 0.1) is 18.2 Å². The van der Waals surface area contributed by atoms with Gasteiger partial charge in [-0.2, -0.15) is 0 Å². The van der Waals surface area contributed by atoms with Gasteiger partial charge in [0.15, 0.2) is 0 Å². The number of allylic oxidation sites excluding steroid dienone is 1. The van der Waals surface area contributed by atoms with E-state index in [0.29, 0.717) is 50.3 Å². The standard InChI is InChI=1S/C45H62N2O8/c1-7-23-47(43(50)52-31-32-17-11-10-12-18-32)40-30-38(46-55-44(4,5)6)36-28-33(19-13-15-24-48)35(20-14-16-25-49)41-37-29-34(51-26-8-2)21-22-39(37)54-45(40,42(36)41)53-27-9-3/h8-12,17-18,21-22,28-29,33,35,40-42,48-49H,2-3,7,13-16,19-20,23-27,30-31H2,1,4-6H3. The van der Waals surface area contributed by atoms with E-state index in [9.17, 15) is 15.0 Å². The summed E-state index contributed by atoms with van der Waals surface area (Å²) in [5.41, 5.74) is 3.06. The van der Waals surface area contributed by atoms with Crippen LogP contribution >= 0.6 is 0 Å². The number of benzene rings is 2. The third-order valence-corrected chi connectivity index (χ3v) is 10.7. The first-order chi connectivity index (χ1) is 26.6. The maximum absolute atomic E-state index is 14.4. The van der Waals surface area contributed by atoms with Crippen molar-refractivity contribution in [1.29, 1.82) is 0 Å². The van der Waals surface area contributed by atoms with E-state index in [1.54, 1.807) is 17.1 Å². The highest BCUT2D eigenvalue weighted by Gasteiger charge is 2.65. The molecular weight excluding hydrogens is 697 g/mol. The number of aliphatic hydroxyl groups is 2. The summed E-state index contributed by atoms with van der Waals surface area (Å²) in [5.74, 6) is -0.302. The van der Waals surface area contributed by atoms with E-state index in [4.69, 9.17) is 28.9 Å². The molecule has 0 saturated heterocycles. The molecule has 10 nitrogen and oxygen atoms in total. The quantitative estimate of drug-likeness (QED) is 0.0782. The van der Waals surface area contributed by atoms with Gasteiger partial charge in [-0.25, -0.2) is 4.79 Å². The lowest BCUT2D eigenvalue weighted by Gasteiger charge is -2.60. The van der Waals surface area contributed by atoms with Gasteiger partial charge in [-0.15, -0.1) is 6.58 Å². The molecule has 2 N–H and O–H groups in total. The Balaban J connectivity index is 1.75. The Morgan fingerprint density at radius 3 is 2.42 bits per heavy atom. The van der Waals surface area contributed by atoms with Crippen LogP contribution in [0, 0.1) is 17.8 Å². The molecular formula is C45H62N2O8. The highest BCUT2D eigenvalue weighted by molar-refractivity contribution is 6.03. The Kier molecular flexibility index (Phi) is 15.0. The number of hydrogen-bond donors (Lipinski definition) is 2. The van der Waals surface area contributed by atoms with Crippen LogP contribution in [-0.2, 0) is 20.9 Å². The molecule has 0 bridgehead atoms. The molecule has 2 aromatic carbocycles. The maximum atomic E-state index is 14.4. The number of hydrogen-bond acceptors (Lipinski definition) is 9. The van der Waals surface area contributed by atoms with Crippen LogP contribution in [-0.4, -0.2) is 77.3 Å². The second-order valence-corrected chi connectivity index (χ2v) is 15.8. The summed E-state index contributed by atoms with van der Waals surface area (Å²) in [4.78, 5) is 22.4. The molecule has 0 aromatic heterocycles. The van der Waals surface area contributed by atoms with Gasteiger partial charge >= 0.3 is 6.09 Å². The summed E-state index contributed by atoms with van der Waals surface area (Å²) >= 11 is 0. The monoisotopic (exact) mass is 758 g/mol. The van der Waals surface area contributed by atoms with E-state index in [2.05, 4.69) is 25.3 Å². The molecule has 6 unspecified atom stereocenters. The van der Waals surface area contributed by atoms with Crippen molar-refractivity contribution in [3.05, 3.63) is 96.6 Å². The minimum atomic E-state index is -1.35. The molecule has 1 saturated carbocycles. The number of carbonyl (C=O) groups is 1. The molecule has 3 aliphatic rings. The van der Waals surface area contributed by atoms with Gasteiger partial charge in [0, 0.05) is 37.7 Å². The molecule has 2 aliphatic carbocycles. The maximum Gasteiger partial charge on any atom is 0.410 e. The van der Waals surface area contributed by atoms with Crippen molar-refractivity contribution in [2.45, 2.75) is 109 Å².